The van der Waals surface area contributed by atoms with E-state index in [0.717, 1.165) is 18.5 Å². The SMILES string of the molecule is [N-]=[N+]=N[C@H]1CCc2cccnc21. The van der Waals surface area contributed by atoms with Crippen LogP contribution in [0, 0.1) is 0 Å². The van der Waals surface area contributed by atoms with Gasteiger partial charge in [0.15, 0.2) is 0 Å². The van der Waals surface area contributed by atoms with Crippen LogP contribution in [0.25, 0.3) is 10.4 Å². The van der Waals surface area contributed by atoms with Gasteiger partial charge < -0.3 is 0 Å². The van der Waals surface area contributed by atoms with Crippen molar-refractivity contribution in [1.82, 2.24) is 4.98 Å². The normalized spacial score (nSPS) is 19.8. The topological polar surface area (TPSA) is 61.7 Å². The highest BCUT2D eigenvalue weighted by Crippen LogP contribution is 2.31. The Morgan fingerprint density at radius 1 is 1.67 bits per heavy atom. The maximum Gasteiger partial charge on any atom is 0.0803 e. The maximum atomic E-state index is 8.28. The minimum atomic E-state index is -0.0359. The van der Waals surface area contributed by atoms with E-state index in [1.165, 1.54) is 5.56 Å². The Bertz CT molecular complexity index is 341. The van der Waals surface area contributed by atoms with E-state index in [1.807, 2.05) is 12.1 Å². The van der Waals surface area contributed by atoms with E-state index in [9.17, 15) is 0 Å². The lowest BCUT2D eigenvalue weighted by Gasteiger charge is -2.00. The van der Waals surface area contributed by atoms with Crippen LogP contribution in [0.5, 0.6) is 0 Å². The molecule has 0 aliphatic heterocycles. The molecule has 60 valence electrons. The molecule has 1 heterocycles. The molecule has 1 aliphatic carbocycles. The first-order chi connectivity index (χ1) is 5.92. The molecular formula is C8H8N4. The number of hydrogen-bond acceptors (Lipinski definition) is 2. The number of aryl methyl sites for hydroxylation is 1. The molecule has 12 heavy (non-hydrogen) atoms. The monoisotopic (exact) mass is 160 g/mol. The second kappa shape index (κ2) is 2.83. The Morgan fingerprint density at radius 2 is 2.58 bits per heavy atom. The third-order valence-electron chi connectivity index (χ3n) is 2.12. The van der Waals surface area contributed by atoms with E-state index >= 15 is 0 Å². The van der Waals surface area contributed by atoms with Crippen molar-refractivity contribution in [3.8, 4) is 0 Å². The van der Waals surface area contributed by atoms with Crippen molar-refractivity contribution >= 4 is 0 Å². The average Bonchev–Trinajstić information content (AvgIpc) is 2.50. The van der Waals surface area contributed by atoms with Crippen LogP contribution in [0.4, 0.5) is 0 Å². The lowest BCUT2D eigenvalue weighted by atomic mass is 10.2. The minimum Gasteiger partial charge on any atom is -0.261 e. The van der Waals surface area contributed by atoms with Crippen LogP contribution in [-0.4, -0.2) is 4.98 Å². The number of pyridine rings is 1. The lowest BCUT2D eigenvalue weighted by Crippen LogP contribution is -1.90. The molecule has 4 nitrogen and oxygen atoms in total. The fourth-order valence-electron chi connectivity index (χ4n) is 1.57. The molecule has 0 N–H and O–H groups in total. The summed E-state index contributed by atoms with van der Waals surface area (Å²) in [5.41, 5.74) is 10.5. The molecule has 1 aromatic heterocycles. The van der Waals surface area contributed by atoms with Gasteiger partial charge in [-0.15, -0.1) is 0 Å². The summed E-state index contributed by atoms with van der Waals surface area (Å²) in [5, 5.41) is 3.68. The highest BCUT2D eigenvalue weighted by Gasteiger charge is 2.21. The first-order valence-electron chi connectivity index (χ1n) is 3.90. The summed E-state index contributed by atoms with van der Waals surface area (Å²) in [6.07, 6.45) is 3.62. The lowest BCUT2D eigenvalue weighted by molar-refractivity contribution is 0.692. The van der Waals surface area contributed by atoms with E-state index in [4.69, 9.17) is 5.53 Å². The molecule has 0 spiro atoms. The zero-order valence-corrected chi connectivity index (χ0v) is 6.51. The zero-order valence-electron chi connectivity index (χ0n) is 6.51. The van der Waals surface area contributed by atoms with Gasteiger partial charge in [-0.1, -0.05) is 11.2 Å². The van der Waals surface area contributed by atoms with Crippen LogP contribution in [0.1, 0.15) is 23.7 Å². The van der Waals surface area contributed by atoms with Crippen LogP contribution in [0.2, 0.25) is 0 Å². The molecule has 0 saturated heterocycles. The van der Waals surface area contributed by atoms with Crippen LogP contribution in [0.15, 0.2) is 23.4 Å². The number of fused-ring (bicyclic) bond motifs is 1. The Morgan fingerprint density at radius 3 is 3.42 bits per heavy atom. The van der Waals surface area contributed by atoms with E-state index in [0.29, 0.717) is 0 Å². The summed E-state index contributed by atoms with van der Waals surface area (Å²) in [5.74, 6) is 0. The van der Waals surface area contributed by atoms with Crippen LogP contribution in [0.3, 0.4) is 0 Å². The molecule has 0 amide bonds. The van der Waals surface area contributed by atoms with Crippen LogP contribution >= 0.6 is 0 Å². The van der Waals surface area contributed by atoms with Crippen LogP contribution < -0.4 is 0 Å². The first kappa shape index (κ1) is 7.13. The van der Waals surface area contributed by atoms with Crippen molar-refractivity contribution < 1.29 is 0 Å². The smallest absolute Gasteiger partial charge is 0.0803 e. The van der Waals surface area contributed by atoms with Gasteiger partial charge in [-0.2, -0.15) is 0 Å². The van der Waals surface area contributed by atoms with Crippen molar-refractivity contribution in [2.24, 2.45) is 5.11 Å². The Kier molecular flexibility index (Phi) is 1.68. The Hall–Kier alpha value is -1.54. The summed E-state index contributed by atoms with van der Waals surface area (Å²) in [6, 6.07) is 3.91. The molecule has 4 heteroatoms. The molecule has 2 rings (SSSR count). The summed E-state index contributed by atoms with van der Waals surface area (Å²) >= 11 is 0. The number of azide groups is 1. The number of aromatic nitrogens is 1. The van der Waals surface area contributed by atoms with E-state index in [-0.39, 0.29) is 6.04 Å². The number of hydrogen-bond donors (Lipinski definition) is 0. The van der Waals surface area contributed by atoms with Crippen molar-refractivity contribution in [3.63, 3.8) is 0 Å². The molecule has 0 saturated carbocycles. The van der Waals surface area contributed by atoms with Crippen molar-refractivity contribution in [1.29, 1.82) is 0 Å². The second-order valence-corrected chi connectivity index (χ2v) is 2.81. The predicted octanol–water partition coefficient (Wildman–Crippen LogP) is 2.38. The predicted molar refractivity (Wildman–Crippen MR) is 44.4 cm³/mol. The Labute approximate surface area is 69.9 Å². The zero-order chi connectivity index (χ0) is 8.39. The molecule has 0 bridgehead atoms. The summed E-state index contributed by atoms with van der Waals surface area (Å²) in [7, 11) is 0. The van der Waals surface area contributed by atoms with Gasteiger partial charge in [0, 0.05) is 11.1 Å². The quantitative estimate of drug-likeness (QED) is 0.353. The summed E-state index contributed by atoms with van der Waals surface area (Å²) in [6.45, 7) is 0. The van der Waals surface area contributed by atoms with Gasteiger partial charge >= 0.3 is 0 Å². The van der Waals surface area contributed by atoms with Crippen molar-refractivity contribution in [3.05, 3.63) is 40.0 Å². The molecule has 0 unspecified atom stereocenters. The molecule has 0 radical (unpaired) electrons. The van der Waals surface area contributed by atoms with Gasteiger partial charge in [-0.25, -0.2) is 0 Å². The third kappa shape index (κ3) is 1.02. The largest absolute Gasteiger partial charge is 0.261 e. The van der Waals surface area contributed by atoms with E-state index < -0.39 is 0 Å². The van der Waals surface area contributed by atoms with Crippen LogP contribution in [-0.2, 0) is 6.42 Å². The summed E-state index contributed by atoms with van der Waals surface area (Å²) in [4.78, 5) is 7.00. The minimum absolute atomic E-state index is 0.0359. The van der Waals surface area contributed by atoms with E-state index in [1.54, 1.807) is 6.20 Å². The molecule has 1 aliphatic rings. The van der Waals surface area contributed by atoms with Gasteiger partial charge in [0.05, 0.1) is 11.7 Å². The van der Waals surface area contributed by atoms with Gasteiger partial charge in [-0.3, -0.25) is 4.98 Å². The maximum absolute atomic E-state index is 8.28. The third-order valence-corrected chi connectivity index (χ3v) is 2.12. The van der Waals surface area contributed by atoms with Crippen molar-refractivity contribution in [2.45, 2.75) is 18.9 Å². The molecular weight excluding hydrogens is 152 g/mol. The fourth-order valence-corrected chi connectivity index (χ4v) is 1.57. The van der Waals surface area contributed by atoms with Gasteiger partial charge in [0.25, 0.3) is 0 Å². The summed E-state index contributed by atoms with van der Waals surface area (Å²) < 4.78 is 0. The molecule has 0 fully saturated rings. The van der Waals surface area contributed by atoms with Gasteiger partial charge in [0.1, 0.15) is 0 Å². The molecule has 0 aromatic carbocycles. The molecule has 1 atom stereocenters. The first-order valence-corrected chi connectivity index (χ1v) is 3.90. The average molecular weight is 160 g/mol. The highest BCUT2D eigenvalue weighted by molar-refractivity contribution is 5.27. The van der Waals surface area contributed by atoms with Gasteiger partial charge in [-0.05, 0) is 30.0 Å². The highest BCUT2D eigenvalue weighted by atomic mass is 15.2. The van der Waals surface area contributed by atoms with Gasteiger partial charge in [0.2, 0.25) is 0 Å². The van der Waals surface area contributed by atoms with E-state index in [2.05, 4.69) is 15.0 Å². The van der Waals surface area contributed by atoms with Crippen molar-refractivity contribution in [2.75, 3.05) is 0 Å². The standard InChI is InChI=1S/C8H8N4/c9-12-11-7-4-3-6-2-1-5-10-8(6)7/h1-2,5,7H,3-4H2/t7-/m0/s1. The fraction of sp³-hybridized carbons (Fsp3) is 0.375. The Balaban J connectivity index is 2.42. The number of rotatable bonds is 1. The second-order valence-electron chi connectivity index (χ2n) is 2.81. The molecule has 1 aromatic rings. The number of nitrogens with zero attached hydrogens (tertiary/aromatic N) is 4.